The molecule has 0 bridgehead atoms. The summed E-state index contributed by atoms with van der Waals surface area (Å²) in [6.07, 6.45) is -4.65. The standard InChI is InChI=1S/C14H23N5O12P2/c15-14-18-8-11(16-6-17-12(8)22)19(14)3-1-2-4-28-32(24,25)31-33(26,27)29-5-7-9(20)10(21)13(23)30-7/h6-7,9-10,13,20-21,23H,1-5H2,(H2,15,18)(H,24,25)(H,26,27)(H,16,17,22)/t7-,9-,10-,13?/m1/s1. The zero-order valence-electron chi connectivity index (χ0n) is 16.8. The third kappa shape index (κ3) is 6.44. The number of anilines is 1. The van der Waals surface area contributed by atoms with Gasteiger partial charge in [-0.2, -0.15) is 4.31 Å². The van der Waals surface area contributed by atoms with Gasteiger partial charge in [0.15, 0.2) is 17.5 Å². The van der Waals surface area contributed by atoms with Crippen LogP contribution >= 0.6 is 15.6 Å². The number of aromatic amines is 1. The molecule has 0 aromatic carbocycles. The van der Waals surface area contributed by atoms with Crippen LogP contribution in [-0.4, -0.2) is 82.4 Å². The Morgan fingerprint density at radius 1 is 1.15 bits per heavy atom. The van der Waals surface area contributed by atoms with E-state index in [2.05, 4.69) is 28.3 Å². The second-order valence-electron chi connectivity index (χ2n) is 6.93. The van der Waals surface area contributed by atoms with Crippen LogP contribution in [0.1, 0.15) is 12.8 Å². The number of imidazole rings is 1. The molecular formula is C14H23N5O12P2. The Hall–Kier alpha value is -1.75. The maximum absolute atomic E-state index is 11.9. The largest absolute Gasteiger partial charge is 0.481 e. The number of hydrogen-bond donors (Lipinski definition) is 7. The lowest BCUT2D eigenvalue weighted by atomic mass is 10.1. The molecule has 0 spiro atoms. The van der Waals surface area contributed by atoms with Crippen LogP contribution < -0.4 is 11.3 Å². The zero-order valence-corrected chi connectivity index (χ0v) is 18.6. The Bertz CT molecular complexity index is 1120. The molecule has 0 saturated carbocycles. The number of phosphoric acid groups is 2. The molecule has 33 heavy (non-hydrogen) atoms. The van der Waals surface area contributed by atoms with Crippen molar-refractivity contribution in [3.05, 3.63) is 16.7 Å². The van der Waals surface area contributed by atoms with Crippen LogP contribution in [0.15, 0.2) is 11.1 Å². The van der Waals surface area contributed by atoms with Gasteiger partial charge in [-0.05, 0) is 12.8 Å². The monoisotopic (exact) mass is 515 g/mol. The van der Waals surface area contributed by atoms with E-state index in [-0.39, 0.29) is 36.7 Å². The van der Waals surface area contributed by atoms with Crippen LogP contribution in [0.3, 0.4) is 0 Å². The topological polar surface area (TPSA) is 262 Å². The van der Waals surface area contributed by atoms with Gasteiger partial charge in [-0.15, -0.1) is 0 Å². The summed E-state index contributed by atoms with van der Waals surface area (Å²) < 4.78 is 43.2. The fraction of sp³-hybridized carbons (Fsp3) is 0.643. The van der Waals surface area contributed by atoms with Gasteiger partial charge in [-0.25, -0.2) is 19.1 Å². The minimum absolute atomic E-state index is 0.0565. The van der Waals surface area contributed by atoms with Gasteiger partial charge >= 0.3 is 15.6 Å². The number of H-pyrrole nitrogens is 1. The van der Waals surface area contributed by atoms with Crippen molar-refractivity contribution in [2.24, 2.45) is 0 Å². The number of nitrogens with zero attached hydrogens (tertiary/aromatic N) is 3. The SMILES string of the molecule is Nc1nc2c(=O)[nH]cnc2n1CCCCOP(=O)(O)OP(=O)(O)OC[C@H]1OC(O)[C@H](O)[C@@H]1O. The number of nitrogens with one attached hydrogen (secondary N) is 1. The van der Waals surface area contributed by atoms with E-state index < -0.39 is 52.4 Å². The van der Waals surface area contributed by atoms with Gasteiger partial charge in [0.05, 0.1) is 19.5 Å². The zero-order chi connectivity index (χ0) is 24.4. The molecule has 3 unspecified atom stereocenters. The van der Waals surface area contributed by atoms with Gasteiger partial charge in [-0.3, -0.25) is 18.4 Å². The summed E-state index contributed by atoms with van der Waals surface area (Å²) in [5.74, 6) is 0.0565. The van der Waals surface area contributed by atoms with E-state index in [0.29, 0.717) is 6.42 Å². The number of hydrogen-bond acceptors (Lipinski definition) is 13. The van der Waals surface area contributed by atoms with E-state index in [1.165, 1.54) is 10.9 Å². The van der Waals surface area contributed by atoms with Gasteiger partial charge in [0.1, 0.15) is 18.3 Å². The lowest BCUT2D eigenvalue weighted by Crippen LogP contribution is -2.34. The Balaban J connectivity index is 1.43. The maximum atomic E-state index is 11.9. The van der Waals surface area contributed by atoms with Crippen molar-refractivity contribution < 1.29 is 52.3 Å². The van der Waals surface area contributed by atoms with E-state index in [0.717, 1.165) is 0 Å². The average molecular weight is 515 g/mol. The number of rotatable bonds is 11. The molecule has 1 aliphatic rings. The van der Waals surface area contributed by atoms with Crippen LogP contribution in [-0.2, 0) is 33.8 Å². The van der Waals surface area contributed by atoms with Gasteiger partial charge in [-0.1, -0.05) is 0 Å². The van der Waals surface area contributed by atoms with Gasteiger partial charge in [0, 0.05) is 6.54 Å². The summed E-state index contributed by atoms with van der Waals surface area (Å²) in [7, 11) is -10.1. The fourth-order valence-corrected chi connectivity index (χ4v) is 5.06. The predicted octanol–water partition coefficient (Wildman–Crippen LogP) is -1.83. The first-order chi connectivity index (χ1) is 15.4. The molecule has 1 fully saturated rings. The number of fused-ring (bicyclic) bond motifs is 1. The van der Waals surface area contributed by atoms with Crippen molar-refractivity contribution in [1.82, 2.24) is 19.5 Å². The molecule has 8 N–H and O–H groups in total. The smallest absolute Gasteiger partial charge is 0.387 e. The highest BCUT2D eigenvalue weighted by molar-refractivity contribution is 7.61. The minimum atomic E-state index is -5.13. The lowest BCUT2D eigenvalue weighted by molar-refractivity contribution is -0.132. The first kappa shape index (κ1) is 25.9. The van der Waals surface area contributed by atoms with Crippen molar-refractivity contribution in [2.75, 3.05) is 18.9 Å². The Morgan fingerprint density at radius 3 is 2.52 bits per heavy atom. The second kappa shape index (κ2) is 10.2. The average Bonchev–Trinajstić information content (AvgIpc) is 3.17. The molecule has 2 aromatic rings. The van der Waals surface area contributed by atoms with E-state index in [9.17, 15) is 39.0 Å². The molecule has 0 aliphatic carbocycles. The third-order valence-electron chi connectivity index (χ3n) is 4.54. The minimum Gasteiger partial charge on any atom is -0.387 e. The molecular weight excluding hydrogens is 492 g/mol. The lowest BCUT2D eigenvalue weighted by Gasteiger charge is -2.19. The van der Waals surface area contributed by atoms with Crippen LogP contribution in [0, 0.1) is 0 Å². The first-order valence-corrected chi connectivity index (χ1v) is 12.4. The number of aromatic nitrogens is 4. The molecule has 1 saturated heterocycles. The molecule has 0 radical (unpaired) electrons. The number of phosphoric ester groups is 2. The highest BCUT2D eigenvalue weighted by Crippen LogP contribution is 2.60. The van der Waals surface area contributed by atoms with Crippen molar-refractivity contribution >= 4 is 32.8 Å². The fourth-order valence-electron chi connectivity index (χ4n) is 2.95. The molecule has 0 amide bonds. The highest BCUT2D eigenvalue weighted by atomic mass is 31.3. The number of nitrogen functional groups attached to an aromatic ring is 1. The molecule has 186 valence electrons. The molecule has 1 aliphatic heterocycles. The van der Waals surface area contributed by atoms with E-state index >= 15 is 0 Å². The van der Waals surface area contributed by atoms with Crippen LogP contribution in [0.5, 0.6) is 0 Å². The predicted molar refractivity (Wildman–Crippen MR) is 107 cm³/mol. The van der Waals surface area contributed by atoms with Gasteiger partial charge < -0.3 is 40.6 Å². The van der Waals surface area contributed by atoms with Gasteiger partial charge in [0.25, 0.3) is 5.56 Å². The number of aliphatic hydroxyl groups is 3. The summed E-state index contributed by atoms with van der Waals surface area (Å²) in [5.41, 5.74) is 5.65. The molecule has 2 aromatic heterocycles. The molecule has 17 nitrogen and oxygen atoms in total. The number of aliphatic hydroxyl groups excluding tert-OH is 3. The van der Waals surface area contributed by atoms with E-state index in [4.69, 9.17) is 10.5 Å². The maximum Gasteiger partial charge on any atom is 0.481 e. The van der Waals surface area contributed by atoms with Crippen molar-refractivity contribution in [2.45, 2.75) is 44.0 Å². The van der Waals surface area contributed by atoms with Crippen LogP contribution in [0.4, 0.5) is 5.95 Å². The van der Waals surface area contributed by atoms with Crippen LogP contribution in [0.25, 0.3) is 11.2 Å². The van der Waals surface area contributed by atoms with Crippen molar-refractivity contribution in [3.63, 3.8) is 0 Å². The van der Waals surface area contributed by atoms with Crippen molar-refractivity contribution in [3.8, 4) is 0 Å². The Kier molecular flexibility index (Phi) is 8.03. The van der Waals surface area contributed by atoms with Crippen LogP contribution in [0.2, 0.25) is 0 Å². The van der Waals surface area contributed by atoms with Crippen molar-refractivity contribution in [1.29, 1.82) is 0 Å². The summed E-state index contributed by atoms with van der Waals surface area (Å²) in [6, 6.07) is 0. The molecule has 3 heterocycles. The Labute approximate surface area is 184 Å². The number of nitrogens with two attached hydrogens (primary N) is 1. The molecule has 6 atom stereocenters. The number of ether oxygens (including phenoxy) is 1. The normalized spacial score (nSPS) is 26.9. The van der Waals surface area contributed by atoms with E-state index in [1.807, 2.05) is 0 Å². The number of unbranched alkanes of at least 4 members (excludes halogenated alkanes) is 1. The summed E-state index contributed by atoms with van der Waals surface area (Å²) >= 11 is 0. The third-order valence-corrected chi connectivity index (χ3v) is 7.18. The van der Waals surface area contributed by atoms with Gasteiger partial charge in [0.2, 0.25) is 5.95 Å². The highest BCUT2D eigenvalue weighted by Gasteiger charge is 2.44. The molecule has 3 rings (SSSR count). The summed E-state index contributed by atoms with van der Waals surface area (Å²) in [5, 5.41) is 28.2. The second-order valence-corrected chi connectivity index (χ2v) is 9.97. The summed E-state index contributed by atoms with van der Waals surface area (Å²) in [6.45, 7) is -0.931. The summed E-state index contributed by atoms with van der Waals surface area (Å²) in [4.78, 5) is 41.2. The molecule has 19 heteroatoms. The number of aryl methyl sites for hydroxylation is 1. The van der Waals surface area contributed by atoms with E-state index in [1.54, 1.807) is 0 Å². The Morgan fingerprint density at radius 2 is 1.85 bits per heavy atom. The first-order valence-electron chi connectivity index (χ1n) is 9.45. The quantitative estimate of drug-likeness (QED) is 0.128.